The van der Waals surface area contributed by atoms with Crippen molar-refractivity contribution in [3.05, 3.63) is 27.7 Å². The van der Waals surface area contributed by atoms with Crippen molar-refractivity contribution in [2.75, 3.05) is 7.11 Å². The molecule has 6 heteroatoms. The second-order valence-corrected chi connectivity index (χ2v) is 3.60. The summed E-state index contributed by atoms with van der Waals surface area (Å²) in [6, 6.07) is 1.76. The van der Waals surface area contributed by atoms with E-state index in [0.29, 0.717) is 4.47 Å². The predicted octanol–water partition coefficient (Wildman–Crippen LogP) is 2.97. The van der Waals surface area contributed by atoms with Crippen LogP contribution >= 0.6 is 15.9 Å². The molecule has 1 aromatic carbocycles. The summed E-state index contributed by atoms with van der Waals surface area (Å²) in [6.07, 6.45) is -4.45. The Balaban J connectivity index is 3.33. The van der Waals surface area contributed by atoms with Crippen molar-refractivity contribution in [2.24, 2.45) is 0 Å². The second-order valence-electron chi connectivity index (χ2n) is 2.81. The van der Waals surface area contributed by atoms with Gasteiger partial charge in [-0.3, -0.25) is 0 Å². The predicted molar refractivity (Wildman–Crippen MR) is 51.6 cm³/mol. The van der Waals surface area contributed by atoms with E-state index in [1.54, 1.807) is 0 Å². The van der Waals surface area contributed by atoms with Crippen LogP contribution in [0.15, 0.2) is 16.6 Å². The Labute approximate surface area is 92.8 Å². The highest BCUT2D eigenvalue weighted by Crippen LogP contribution is 2.37. The molecule has 0 unspecified atom stereocenters. The molecule has 0 atom stereocenters. The number of aliphatic hydroxyl groups excluding tert-OH is 1. The van der Waals surface area contributed by atoms with Gasteiger partial charge in [-0.1, -0.05) is 0 Å². The van der Waals surface area contributed by atoms with Crippen LogP contribution in [0.1, 0.15) is 11.1 Å². The van der Waals surface area contributed by atoms with Crippen LogP contribution in [0.25, 0.3) is 0 Å². The van der Waals surface area contributed by atoms with Gasteiger partial charge in [-0.15, -0.1) is 0 Å². The van der Waals surface area contributed by atoms with Crippen LogP contribution in [0, 0.1) is 0 Å². The third-order valence-electron chi connectivity index (χ3n) is 1.83. The third kappa shape index (κ3) is 2.63. The molecule has 0 saturated heterocycles. The second kappa shape index (κ2) is 4.40. The zero-order valence-electron chi connectivity index (χ0n) is 7.73. The first-order valence-electron chi connectivity index (χ1n) is 3.94. The van der Waals surface area contributed by atoms with E-state index in [-0.39, 0.29) is 11.3 Å². The molecule has 0 heterocycles. The van der Waals surface area contributed by atoms with Crippen molar-refractivity contribution in [2.45, 2.75) is 12.8 Å². The molecule has 0 bridgehead atoms. The molecule has 0 saturated carbocycles. The minimum absolute atomic E-state index is 0.0499. The number of methoxy groups -OCH3 is 1. The number of halogens is 4. The summed E-state index contributed by atoms with van der Waals surface area (Å²) in [5.41, 5.74) is -0.701. The van der Waals surface area contributed by atoms with Gasteiger partial charge in [0.05, 0.1) is 23.8 Å². The summed E-state index contributed by atoms with van der Waals surface area (Å²) in [4.78, 5) is 0. The monoisotopic (exact) mass is 284 g/mol. The van der Waals surface area contributed by atoms with E-state index in [1.165, 1.54) is 7.11 Å². The van der Waals surface area contributed by atoms with Crippen LogP contribution < -0.4 is 4.74 Å². The van der Waals surface area contributed by atoms with Crippen LogP contribution in [0.5, 0.6) is 5.75 Å². The average Bonchev–Trinajstić information content (AvgIpc) is 2.16. The van der Waals surface area contributed by atoms with Crippen molar-refractivity contribution in [1.29, 1.82) is 0 Å². The van der Waals surface area contributed by atoms with Gasteiger partial charge in [0.1, 0.15) is 5.75 Å². The van der Waals surface area contributed by atoms with Crippen molar-refractivity contribution in [3.8, 4) is 5.75 Å². The molecule has 0 aliphatic rings. The molecule has 0 radical (unpaired) electrons. The lowest BCUT2D eigenvalue weighted by Gasteiger charge is -2.12. The first-order valence-corrected chi connectivity index (χ1v) is 4.74. The molecule has 1 N–H and O–H groups in total. The number of aliphatic hydroxyl groups is 1. The molecule has 0 aliphatic heterocycles. The van der Waals surface area contributed by atoms with Crippen LogP contribution in [-0.4, -0.2) is 12.2 Å². The van der Waals surface area contributed by atoms with Gasteiger partial charge >= 0.3 is 6.18 Å². The van der Waals surface area contributed by atoms with E-state index in [4.69, 9.17) is 9.84 Å². The maximum absolute atomic E-state index is 12.4. The lowest BCUT2D eigenvalue weighted by Crippen LogP contribution is -2.07. The fourth-order valence-corrected chi connectivity index (χ4v) is 1.60. The first-order chi connectivity index (χ1) is 6.90. The lowest BCUT2D eigenvalue weighted by molar-refractivity contribution is -0.137. The molecule has 1 aromatic rings. The quantitative estimate of drug-likeness (QED) is 0.905. The highest BCUT2D eigenvalue weighted by Gasteiger charge is 2.32. The summed E-state index contributed by atoms with van der Waals surface area (Å²) in [7, 11) is 1.27. The summed E-state index contributed by atoms with van der Waals surface area (Å²) in [5.74, 6) is 0.0499. The average molecular weight is 285 g/mol. The van der Waals surface area contributed by atoms with E-state index in [0.717, 1.165) is 12.1 Å². The maximum Gasteiger partial charge on any atom is 0.416 e. The van der Waals surface area contributed by atoms with E-state index < -0.39 is 18.3 Å². The molecule has 2 nitrogen and oxygen atoms in total. The molecule has 84 valence electrons. The summed E-state index contributed by atoms with van der Waals surface area (Å²) >= 11 is 3.05. The Hall–Kier alpha value is -0.750. The van der Waals surface area contributed by atoms with E-state index >= 15 is 0 Å². The summed E-state index contributed by atoms with van der Waals surface area (Å²) in [6.45, 7) is -0.485. The lowest BCUT2D eigenvalue weighted by atomic mass is 10.1. The number of ether oxygens (including phenoxy) is 1. The Bertz CT molecular complexity index is 338. The van der Waals surface area contributed by atoms with E-state index in [9.17, 15) is 13.2 Å². The van der Waals surface area contributed by atoms with Gasteiger partial charge in [0.2, 0.25) is 0 Å². The highest BCUT2D eigenvalue weighted by atomic mass is 79.9. The number of rotatable bonds is 2. The molecular formula is C9H8BrF3O2. The topological polar surface area (TPSA) is 29.5 Å². The van der Waals surface area contributed by atoms with Gasteiger partial charge in [0.15, 0.2) is 0 Å². The smallest absolute Gasteiger partial charge is 0.416 e. The van der Waals surface area contributed by atoms with Gasteiger partial charge < -0.3 is 9.84 Å². The number of hydrogen-bond donors (Lipinski definition) is 1. The van der Waals surface area contributed by atoms with Gasteiger partial charge in [-0.2, -0.15) is 13.2 Å². The fourth-order valence-electron chi connectivity index (χ4n) is 1.08. The maximum atomic E-state index is 12.4. The van der Waals surface area contributed by atoms with Crippen molar-refractivity contribution < 1.29 is 23.0 Å². The van der Waals surface area contributed by atoms with Crippen LogP contribution in [-0.2, 0) is 12.8 Å². The van der Waals surface area contributed by atoms with Gasteiger partial charge in [0, 0.05) is 0 Å². The van der Waals surface area contributed by atoms with E-state index in [2.05, 4.69) is 15.9 Å². The molecule has 0 amide bonds. The molecule has 0 spiro atoms. The highest BCUT2D eigenvalue weighted by molar-refractivity contribution is 9.10. The fraction of sp³-hybridized carbons (Fsp3) is 0.333. The largest absolute Gasteiger partial charge is 0.496 e. The zero-order valence-corrected chi connectivity index (χ0v) is 9.32. The minimum atomic E-state index is -4.45. The van der Waals surface area contributed by atoms with E-state index in [1.807, 2.05) is 0 Å². The van der Waals surface area contributed by atoms with Gasteiger partial charge in [-0.05, 0) is 33.6 Å². The Morgan fingerprint density at radius 1 is 1.40 bits per heavy atom. The summed E-state index contributed by atoms with van der Waals surface area (Å²) < 4.78 is 42.3. The van der Waals surface area contributed by atoms with Gasteiger partial charge in [-0.25, -0.2) is 0 Å². The SMILES string of the molecule is COc1cc(C(F)(F)F)cc(CO)c1Br. The molecule has 0 fully saturated rings. The van der Waals surface area contributed by atoms with Crippen LogP contribution in [0.4, 0.5) is 13.2 Å². The van der Waals surface area contributed by atoms with Crippen LogP contribution in [0.2, 0.25) is 0 Å². The van der Waals surface area contributed by atoms with Gasteiger partial charge in [0.25, 0.3) is 0 Å². The Morgan fingerprint density at radius 2 is 2.00 bits per heavy atom. The Kier molecular flexibility index (Phi) is 3.62. The number of alkyl halides is 3. The van der Waals surface area contributed by atoms with Crippen molar-refractivity contribution >= 4 is 15.9 Å². The zero-order chi connectivity index (χ0) is 11.6. The third-order valence-corrected chi connectivity index (χ3v) is 2.73. The summed E-state index contributed by atoms with van der Waals surface area (Å²) in [5, 5.41) is 8.88. The normalized spacial score (nSPS) is 11.6. The molecule has 0 aromatic heterocycles. The van der Waals surface area contributed by atoms with Crippen molar-refractivity contribution in [1.82, 2.24) is 0 Å². The molecule has 1 rings (SSSR count). The van der Waals surface area contributed by atoms with Crippen LogP contribution in [0.3, 0.4) is 0 Å². The number of hydrogen-bond acceptors (Lipinski definition) is 2. The van der Waals surface area contributed by atoms with Crippen molar-refractivity contribution in [3.63, 3.8) is 0 Å². The molecule has 0 aliphatic carbocycles. The molecule has 15 heavy (non-hydrogen) atoms. The minimum Gasteiger partial charge on any atom is -0.496 e. The number of benzene rings is 1. The Morgan fingerprint density at radius 3 is 2.40 bits per heavy atom. The molecular weight excluding hydrogens is 277 g/mol. The standard InChI is InChI=1S/C9H8BrF3O2/c1-15-7-3-6(9(11,12)13)2-5(4-14)8(7)10/h2-3,14H,4H2,1H3. The first kappa shape index (κ1) is 12.3.